The zero-order valence-electron chi connectivity index (χ0n) is 18.7. The smallest absolute Gasteiger partial charge is 0.281 e. The number of rotatable bonds is 4. The molecule has 1 fully saturated rings. The van der Waals surface area contributed by atoms with Crippen molar-refractivity contribution >= 4 is 27.6 Å². The van der Waals surface area contributed by atoms with Gasteiger partial charge in [0.15, 0.2) is 5.03 Å². The fraction of sp³-hybridized carbons (Fsp3) is 0.500. The molecule has 2 aromatic heterocycles. The molecule has 9 heteroatoms. The minimum atomic E-state index is -4.17. The lowest BCUT2D eigenvalue weighted by Crippen LogP contribution is -2.41. The highest BCUT2D eigenvalue weighted by atomic mass is 32.2. The molecule has 0 aliphatic carbocycles. The summed E-state index contributed by atoms with van der Waals surface area (Å²) < 4.78 is 27.5. The largest absolute Gasteiger partial charge is 0.384 e. The average Bonchev–Trinajstić information content (AvgIpc) is 2.65. The van der Waals surface area contributed by atoms with E-state index in [0.717, 1.165) is 25.2 Å². The lowest BCUT2D eigenvalue weighted by molar-refractivity contribution is 0.0981. The topological polar surface area (TPSA) is 118 Å². The van der Waals surface area contributed by atoms with Crippen LogP contribution in [0.1, 0.15) is 57.1 Å². The number of hydrogen-bond donors (Lipinski definition) is 2. The van der Waals surface area contributed by atoms with E-state index in [4.69, 9.17) is 10.7 Å². The van der Waals surface area contributed by atoms with E-state index < -0.39 is 15.9 Å². The highest BCUT2D eigenvalue weighted by molar-refractivity contribution is 7.90. The van der Waals surface area contributed by atoms with Gasteiger partial charge in [0.1, 0.15) is 11.6 Å². The maximum absolute atomic E-state index is 13.1. The van der Waals surface area contributed by atoms with Crippen LogP contribution >= 0.6 is 0 Å². The van der Waals surface area contributed by atoms with Gasteiger partial charge in [-0.3, -0.25) is 4.79 Å². The summed E-state index contributed by atoms with van der Waals surface area (Å²) in [5, 5.41) is -0.304. The van der Waals surface area contributed by atoms with E-state index in [1.807, 2.05) is 0 Å². The number of pyridine rings is 2. The van der Waals surface area contributed by atoms with E-state index in [9.17, 15) is 13.2 Å². The van der Waals surface area contributed by atoms with Crippen molar-refractivity contribution in [1.82, 2.24) is 14.7 Å². The van der Waals surface area contributed by atoms with Gasteiger partial charge in [-0.05, 0) is 42.5 Å². The number of carbonyl (C=O) groups is 1. The number of aromatic nitrogens is 2. The van der Waals surface area contributed by atoms with Gasteiger partial charge in [-0.2, -0.15) is 8.42 Å². The van der Waals surface area contributed by atoms with Gasteiger partial charge in [0.25, 0.3) is 15.9 Å². The van der Waals surface area contributed by atoms with Crippen molar-refractivity contribution < 1.29 is 13.2 Å². The molecule has 1 saturated heterocycles. The quantitative estimate of drug-likeness (QED) is 0.743. The molecule has 1 aliphatic heterocycles. The number of anilines is 2. The molecule has 0 radical (unpaired) electrons. The Hall–Kier alpha value is -2.68. The Labute approximate surface area is 184 Å². The fourth-order valence-electron chi connectivity index (χ4n) is 3.93. The first-order chi connectivity index (χ1) is 14.4. The predicted octanol–water partition coefficient (Wildman–Crippen LogP) is 2.96. The second-order valence-electron chi connectivity index (χ2n) is 9.50. The first kappa shape index (κ1) is 23.0. The first-order valence-electron chi connectivity index (χ1n) is 10.4. The summed E-state index contributed by atoms with van der Waals surface area (Å²) in [6, 6.07) is 7.68. The van der Waals surface area contributed by atoms with E-state index in [1.165, 1.54) is 18.2 Å². The van der Waals surface area contributed by atoms with E-state index in [1.54, 1.807) is 12.1 Å². The predicted molar refractivity (Wildman–Crippen MR) is 121 cm³/mol. The van der Waals surface area contributed by atoms with Crippen molar-refractivity contribution in [3.63, 3.8) is 0 Å². The van der Waals surface area contributed by atoms with Gasteiger partial charge in [0.05, 0.1) is 5.56 Å². The van der Waals surface area contributed by atoms with Gasteiger partial charge in [-0.25, -0.2) is 14.7 Å². The summed E-state index contributed by atoms with van der Waals surface area (Å²) in [6.07, 6.45) is 1.10. The number of nitrogens with zero attached hydrogens (tertiary/aromatic N) is 3. The Bertz CT molecular complexity index is 1070. The van der Waals surface area contributed by atoms with Gasteiger partial charge in [0, 0.05) is 24.2 Å². The van der Waals surface area contributed by atoms with Crippen LogP contribution in [0.15, 0.2) is 35.4 Å². The lowest BCUT2D eigenvalue weighted by Gasteiger charge is -2.37. The van der Waals surface area contributed by atoms with Crippen LogP contribution < -0.4 is 15.4 Å². The Morgan fingerprint density at radius 1 is 1.10 bits per heavy atom. The molecule has 0 bridgehead atoms. The van der Waals surface area contributed by atoms with Crippen molar-refractivity contribution in [3.05, 3.63) is 41.6 Å². The summed E-state index contributed by atoms with van der Waals surface area (Å²) in [5.41, 5.74) is 6.45. The van der Waals surface area contributed by atoms with Crippen LogP contribution in [0.3, 0.4) is 0 Å². The highest BCUT2D eigenvalue weighted by Crippen LogP contribution is 2.30. The molecule has 0 aromatic carbocycles. The maximum atomic E-state index is 13.1. The molecular formula is C22H31N5O3S. The first-order valence-corrected chi connectivity index (χ1v) is 11.9. The van der Waals surface area contributed by atoms with Gasteiger partial charge in [-0.15, -0.1) is 0 Å². The van der Waals surface area contributed by atoms with Crippen molar-refractivity contribution in [2.75, 3.05) is 23.7 Å². The monoisotopic (exact) mass is 445 g/mol. The summed E-state index contributed by atoms with van der Waals surface area (Å²) in [7, 11) is -4.17. The number of nitrogens with two attached hydrogens (primary N) is 1. The molecule has 3 heterocycles. The summed E-state index contributed by atoms with van der Waals surface area (Å²) >= 11 is 0. The zero-order valence-corrected chi connectivity index (χ0v) is 19.5. The van der Waals surface area contributed by atoms with Crippen LogP contribution in [0.25, 0.3) is 0 Å². The second-order valence-corrected chi connectivity index (χ2v) is 11.1. The van der Waals surface area contributed by atoms with E-state index >= 15 is 0 Å². The van der Waals surface area contributed by atoms with Crippen LogP contribution in [0.2, 0.25) is 0 Å². The maximum Gasteiger partial charge on any atom is 0.281 e. The number of piperidine rings is 1. The minimum Gasteiger partial charge on any atom is -0.384 e. The van der Waals surface area contributed by atoms with Gasteiger partial charge >= 0.3 is 0 Å². The summed E-state index contributed by atoms with van der Waals surface area (Å²) in [4.78, 5) is 23.8. The van der Waals surface area contributed by atoms with Crippen LogP contribution in [-0.2, 0) is 15.4 Å². The molecule has 1 amide bonds. The molecule has 3 N–H and O–H groups in total. The molecule has 2 atom stereocenters. The Balaban J connectivity index is 2.00. The van der Waals surface area contributed by atoms with E-state index in [0.29, 0.717) is 17.7 Å². The number of sulfonamides is 1. The minimum absolute atomic E-state index is 0.0588. The van der Waals surface area contributed by atoms with Crippen molar-refractivity contribution in [3.8, 4) is 0 Å². The number of amides is 1. The molecule has 2 unspecified atom stereocenters. The third-order valence-corrected chi connectivity index (χ3v) is 6.54. The van der Waals surface area contributed by atoms with Crippen LogP contribution in [0.5, 0.6) is 0 Å². The molecule has 8 nitrogen and oxygen atoms in total. The van der Waals surface area contributed by atoms with Crippen molar-refractivity contribution in [1.29, 1.82) is 0 Å². The number of nitrogen functional groups attached to an aromatic ring is 1. The van der Waals surface area contributed by atoms with Gasteiger partial charge < -0.3 is 10.6 Å². The number of carbonyl (C=O) groups excluding carboxylic acids is 1. The standard InChI is InChI=1S/C22H31N5O3S/c1-14-11-15(2)13-27(12-14)20-16(9-10-17(24-20)22(3,4)5)21(28)26-31(29,30)19-8-6-7-18(23)25-19/h6-10,14-15H,11-13H2,1-5H3,(H2,23,25)(H,26,28). The molecular weight excluding hydrogens is 414 g/mol. The Morgan fingerprint density at radius 2 is 1.74 bits per heavy atom. The average molecular weight is 446 g/mol. The lowest BCUT2D eigenvalue weighted by atomic mass is 9.90. The number of nitrogens with one attached hydrogen (secondary N) is 1. The zero-order chi connectivity index (χ0) is 23.0. The number of hydrogen-bond acceptors (Lipinski definition) is 7. The molecule has 0 spiro atoms. The highest BCUT2D eigenvalue weighted by Gasteiger charge is 2.30. The second kappa shape index (κ2) is 8.45. The van der Waals surface area contributed by atoms with Gasteiger partial charge in [-0.1, -0.05) is 40.7 Å². The fourth-order valence-corrected chi connectivity index (χ4v) is 4.87. The van der Waals surface area contributed by atoms with Crippen LogP contribution in [-0.4, -0.2) is 37.4 Å². The Morgan fingerprint density at radius 3 is 2.32 bits per heavy atom. The van der Waals surface area contributed by atoms with Crippen LogP contribution in [0, 0.1) is 11.8 Å². The van der Waals surface area contributed by atoms with Crippen molar-refractivity contribution in [2.24, 2.45) is 11.8 Å². The molecule has 168 valence electrons. The molecule has 2 aromatic rings. The van der Waals surface area contributed by atoms with E-state index in [-0.39, 0.29) is 21.8 Å². The molecule has 31 heavy (non-hydrogen) atoms. The van der Waals surface area contributed by atoms with Gasteiger partial charge in [0.2, 0.25) is 0 Å². The SMILES string of the molecule is CC1CC(C)CN(c2nc(C(C)(C)C)ccc2C(=O)NS(=O)(=O)c2cccc(N)n2)C1. The molecule has 1 aliphatic rings. The van der Waals surface area contributed by atoms with E-state index in [2.05, 4.69) is 49.2 Å². The molecule has 0 saturated carbocycles. The molecule has 3 rings (SSSR count). The third kappa shape index (κ3) is 5.33. The summed E-state index contributed by atoms with van der Waals surface area (Å²) in [5.74, 6) is 0.723. The Kier molecular flexibility index (Phi) is 6.27. The van der Waals surface area contributed by atoms with Crippen LogP contribution in [0.4, 0.5) is 11.6 Å². The summed E-state index contributed by atoms with van der Waals surface area (Å²) in [6.45, 7) is 12.0. The van der Waals surface area contributed by atoms with Crippen molar-refractivity contribution in [2.45, 2.75) is 51.5 Å². The third-order valence-electron chi connectivity index (χ3n) is 5.30. The normalized spacial score (nSPS) is 19.8.